The second-order valence-corrected chi connectivity index (χ2v) is 13.7. The molecule has 9 nitrogen and oxygen atoms in total. The summed E-state index contributed by atoms with van der Waals surface area (Å²) in [5.74, 6) is -0.136. The molecule has 6 rings (SSSR count). The molecule has 0 spiro atoms. The molecule has 9 heteroatoms. The molecule has 5 N–H and O–H groups in total. The van der Waals surface area contributed by atoms with E-state index in [4.69, 9.17) is 10.5 Å². The van der Waals surface area contributed by atoms with E-state index in [0.29, 0.717) is 35.9 Å². The van der Waals surface area contributed by atoms with E-state index >= 15 is 0 Å². The maximum Gasteiger partial charge on any atom is 0.315 e. The van der Waals surface area contributed by atoms with Gasteiger partial charge in [-0.1, -0.05) is 36.4 Å². The number of nitrogens with two attached hydrogens (primary N) is 1. The molecule has 0 aromatic heterocycles. The third kappa shape index (κ3) is 8.20. The van der Waals surface area contributed by atoms with Crippen LogP contribution in [-0.4, -0.2) is 49.2 Å². The van der Waals surface area contributed by atoms with Gasteiger partial charge in [0.15, 0.2) is 0 Å². The number of Topliss-reactive ketones (excluding diaryl/α,β-unsaturated/α-hetero) is 1. The Morgan fingerprint density at radius 1 is 0.938 bits per heavy atom. The minimum Gasteiger partial charge on any atom is -0.426 e. The highest BCUT2D eigenvalue weighted by Gasteiger charge is 2.30. The number of ether oxygens (including phenoxy) is 1. The lowest BCUT2D eigenvalue weighted by Crippen LogP contribution is -2.42. The minimum absolute atomic E-state index is 0.0425. The maximum absolute atomic E-state index is 13.7. The van der Waals surface area contributed by atoms with Gasteiger partial charge < -0.3 is 26.4 Å². The van der Waals surface area contributed by atoms with Gasteiger partial charge in [-0.05, 0) is 118 Å². The first-order valence-corrected chi connectivity index (χ1v) is 17.3. The van der Waals surface area contributed by atoms with Crippen LogP contribution in [0.3, 0.4) is 0 Å². The third-order valence-electron chi connectivity index (χ3n) is 10.3. The number of hydrogen-bond acceptors (Lipinski definition) is 7. The molecular formula is C39H46N4O5. The van der Waals surface area contributed by atoms with Crippen LogP contribution in [0.2, 0.25) is 0 Å². The van der Waals surface area contributed by atoms with Gasteiger partial charge >= 0.3 is 5.97 Å². The molecule has 3 aromatic rings. The number of anilines is 1. The zero-order valence-electron chi connectivity index (χ0n) is 27.7. The Balaban J connectivity index is 1.14. The summed E-state index contributed by atoms with van der Waals surface area (Å²) >= 11 is 0. The molecule has 2 fully saturated rings. The lowest BCUT2D eigenvalue weighted by atomic mass is 9.77. The molecule has 1 atom stereocenters. The van der Waals surface area contributed by atoms with E-state index in [-0.39, 0.29) is 48.4 Å². The Bertz CT molecular complexity index is 1660. The zero-order chi connectivity index (χ0) is 33.6. The second kappa shape index (κ2) is 15.3. The van der Waals surface area contributed by atoms with Crippen LogP contribution in [0.1, 0.15) is 72.0 Å². The summed E-state index contributed by atoms with van der Waals surface area (Å²) in [6.45, 7) is 4.50. The van der Waals surface area contributed by atoms with Crippen LogP contribution >= 0.6 is 0 Å². The van der Waals surface area contributed by atoms with Gasteiger partial charge in [0.05, 0.1) is 6.42 Å². The van der Waals surface area contributed by atoms with E-state index in [1.54, 1.807) is 18.2 Å². The van der Waals surface area contributed by atoms with Crippen molar-refractivity contribution in [2.24, 2.45) is 23.5 Å². The van der Waals surface area contributed by atoms with Crippen LogP contribution in [-0.2, 0) is 27.2 Å². The number of ketones is 1. The van der Waals surface area contributed by atoms with Crippen molar-refractivity contribution in [2.75, 3.05) is 25.0 Å². The normalized spacial score (nSPS) is 20.0. The number of nitrogens with one attached hydrogen (secondary N) is 3. The number of carbonyl (C=O) groups excluding carboxylic acids is 4. The highest BCUT2D eigenvalue weighted by atomic mass is 16.5. The maximum atomic E-state index is 13.7. The molecule has 0 unspecified atom stereocenters. The molecule has 3 aromatic carbocycles. The fourth-order valence-corrected chi connectivity index (χ4v) is 7.29. The molecule has 1 saturated carbocycles. The first kappa shape index (κ1) is 33.6. The van der Waals surface area contributed by atoms with Crippen LogP contribution in [0.15, 0.2) is 60.7 Å². The highest BCUT2D eigenvalue weighted by molar-refractivity contribution is 5.97. The first-order valence-electron chi connectivity index (χ1n) is 17.3. The fourth-order valence-electron chi connectivity index (χ4n) is 7.29. The number of aryl methyl sites for hydroxylation is 1. The van der Waals surface area contributed by atoms with E-state index in [0.717, 1.165) is 79.4 Å². The fraction of sp³-hybridized carbons (Fsp3) is 0.436. The van der Waals surface area contributed by atoms with Gasteiger partial charge in [-0.25, -0.2) is 0 Å². The van der Waals surface area contributed by atoms with Gasteiger partial charge in [0.2, 0.25) is 5.91 Å². The van der Waals surface area contributed by atoms with Crippen molar-refractivity contribution in [1.82, 2.24) is 10.6 Å². The Morgan fingerprint density at radius 3 is 2.40 bits per heavy atom. The van der Waals surface area contributed by atoms with E-state index in [1.807, 2.05) is 49.4 Å². The number of carbonyl (C=O) groups is 4. The molecule has 3 aliphatic rings. The second-order valence-electron chi connectivity index (χ2n) is 13.7. The van der Waals surface area contributed by atoms with E-state index < -0.39 is 5.92 Å². The molecule has 48 heavy (non-hydrogen) atoms. The number of piperidine rings is 1. The monoisotopic (exact) mass is 650 g/mol. The number of amides is 2. The third-order valence-corrected chi connectivity index (χ3v) is 10.3. The molecule has 2 aliphatic heterocycles. The first-order chi connectivity index (χ1) is 23.2. The topological polar surface area (TPSA) is 140 Å². The number of hydrogen-bond donors (Lipinski definition) is 4. The molecular weight excluding hydrogens is 604 g/mol. The number of rotatable bonds is 11. The van der Waals surface area contributed by atoms with Gasteiger partial charge in [0, 0.05) is 47.2 Å². The Hall–Kier alpha value is -4.34. The predicted molar refractivity (Wildman–Crippen MR) is 186 cm³/mol. The van der Waals surface area contributed by atoms with Crippen molar-refractivity contribution in [3.05, 3.63) is 82.9 Å². The standard InChI is InChI=1S/C39H46N4O5/c1-24-18-30(38(46)42-32-14-16-41-17-15-32)11-13-34(24)27-6-2-25(3-7-27)19-31(20-35(44)28-8-4-26(23-40)5-9-28)39(47)43-33-12-10-29-21-37(45)48-36(29)22-33/h2-3,6-7,10-13,18,22,26,28,31-32,41H,4-5,8-9,14-17,19-21,23,40H2,1H3,(H,42,46)(H,43,47)/t26?,28?,31-/m1/s1. The Morgan fingerprint density at radius 2 is 1.69 bits per heavy atom. The predicted octanol–water partition coefficient (Wildman–Crippen LogP) is 5.13. The van der Waals surface area contributed by atoms with Crippen molar-refractivity contribution < 1.29 is 23.9 Å². The summed E-state index contributed by atoms with van der Waals surface area (Å²) in [5, 5.41) is 9.47. The lowest BCUT2D eigenvalue weighted by molar-refractivity contribution is -0.132. The molecule has 0 radical (unpaired) electrons. The Kier molecular flexibility index (Phi) is 10.7. The molecule has 1 saturated heterocycles. The van der Waals surface area contributed by atoms with Crippen molar-refractivity contribution >= 4 is 29.3 Å². The van der Waals surface area contributed by atoms with Crippen molar-refractivity contribution in [3.63, 3.8) is 0 Å². The summed E-state index contributed by atoms with van der Waals surface area (Å²) in [6.07, 6.45) is 6.19. The van der Waals surface area contributed by atoms with Gasteiger partial charge in [-0.2, -0.15) is 0 Å². The van der Waals surface area contributed by atoms with Crippen molar-refractivity contribution in [2.45, 2.75) is 70.8 Å². The minimum atomic E-state index is -0.564. The average molecular weight is 651 g/mol. The molecule has 1 aliphatic carbocycles. The average Bonchev–Trinajstić information content (AvgIpc) is 3.48. The summed E-state index contributed by atoms with van der Waals surface area (Å²) in [6, 6.07) is 19.3. The molecule has 252 valence electrons. The number of fused-ring (bicyclic) bond motifs is 1. The molecule has 2 amide bonds. The highest BCUT2D eigenvalue weighted by Crippen LogP contribution is 2.33. The smallest absolute Gasteiger partial charge is 0.315 e. The van der Waals surface area contributed by atoms with E-state index in [1.165, 1.54) is 0 Å². The Labute approximate surface area is 282 Å². The van der Waals surface area contributed by atoms with Gasteiger partial charge in [0.25, 0.3) is 5.91 Å². The lowest BCUT2D eigenvalue weighted by Gasteiger charge is -2.27. The SMILES string of the molecule is Cc1cc(C(=O)NC2CCNCC2)ccc1-c1ccc(C[C@H](CC(=O)C2CCC(CN)CC2)C(=O)Nc2ccc3c(c2)OC(=O)C3)cc1. The van der Waals surface area contributed by atoms with Gasteiger partial charge in [-0.3, -0.25) is 19.2 Å². The van der Waals surface area contributed by atoms with E-state index in [2.05, 4.69) is 16.0 Å². The summed E-state index contributed by atoms with van der Waals surface area (Å²) in [4.78, 5) is 51.8. The van der Waals surface area contributed by atoms with Crippen LogP contribution in [0.5, 0.6) is 5.75 Å². The van der Waals surface area contributed by atoms with Crippen LogP contribution in [0.4, 0.5) is 5.69 Å². The number of benzene rings is 3. The zero-order valence-corrected chi connectivity index (χ0v) is 27.7. The van der Waals surface area contributed by atoms with Crippen molar-refractivity contribution in [1.29, 1.82) is 0 Å². The largest absolute Gasteiger partial charge is 0.426 e. The van der Waals surface area contributed by atoms with Crippen LogP contribution in [0, 0.1) is 24.7 Å². The molecule has 2 heterocycles. The number of esters is 1. The van der Waals surface area contributed by atoms with Crippen LogP contribution in [0.25, 0.3) is 11.1 Å². The van der Waals surface area contributed by atoms with Gasteiger partial charge in [-0.15, -0.1) is 0 Å². The molecule has 0 bridgehead atoms. The van der Waals surface area contributed by atoms with Crippen molar-refractivity contribution in [3.8, 4) is 16.9 Å². The van der Waals surface area contributed by atoms with Crippen LogP contribution < -0.4 is 26.4 Å². The summed E-state index contributed by atoms with van der Waals surface area (Å²) in [5.41, 5.74) is 11.9. The summed E-state index contributed by atoms with van der Waals surface area (Å²) in [7, 11) is 0. The quantitative estimate of drug-likeness (QED) is 0.167. The van der Waals surface area contributed by atoms with E-state index in [9.17, 15) is 19.2 Å². The summed E-state index contributed by atoms with van der Waals surface area (Å²) < 4.78 is 5.28. The van der Waals surface area contributed by atoms with Gasteiger partial charge in [0.1, 0.15) is 11.5 Å².